The van der Waals surface area contributed by atoms with Gasteiger partial charge in [0.1, 0.15) is 0 Å². The second-order valence-electron chi connectivity index (χ2n) is 5.32. The van der Waals surface area contributed by atoms with E-state index in [4.69, 9.17) is 0 Å². The summed E-state index contributed by atoms with van der Waals surface area (Å²) < 4.78 is 0. The normalized spacial score (nSPS) is 11.4. The molecule has 3 rings (SSSR count). The summed E-state index contributed by atoms with van der Waals surface area (Å²) >= 11 is 0. The van der Waals surface area contributed by atoms with Crippen LogP contribution in [0.1, 0.15) is 21.6 Å². The topological polar surface area (TPSA) is 54.4 Å². The number of hydrazone groups is 1. The number of hydrogen-bond acceptors (Lipinski definition) is 3. The third-order valence-corrected chi connectivity index (χ3v) is 3.50. The maximum absolute atomic E-state index is 12.4. The highest BCUT2D eigenvalue weighted by Gasteiger charge is 2.10. The predicted molar refractivity (Wildman–Crippen MR) is 97.9 cm³/mol. The standard InChI is InChI=1S/C20H17N3O/c1-15-14-18(17-11-5-6-12-19(17)22-15)20(24)23-21-13-7-10-16-8-3-2-4-9-16/h2-14H,1H3,(H,23,24)/b10-7+,21-13+. The van der Waals surface area contributed by atoms with Crippen LogP contribution in [0.2, 0.25) is 0 Å². The zero-order valence-corrected chi connectivity index (χ0v) is 13.3. The van der Waals surface area contributed by atoms with Crippen LogP contribution in [0.5, 0.6) is 0 Å². The molecule has 0 bridgehead atoms. The van der Waals surface area contributed by atoms with Gasteiger partial charge in [0.05, 0.1) is 11.1 Å². The van der Waals surface area contributed by atoms with Gasteiger partial charge in [-0.2, -0.15) is 5.10 Å². The molecule has 1 amide bonds. The minimum atomic E-state index is -0.249. The molecule has 0 aliphatic carbocycles. The van der Waals surface area contributed by atoms with Crippen molar-refractivity contribution in [3.8, 4) is 0 Å². The summed E-state index contributed by atoms with van der Waals surface area (Å²) in [5.74, 6) is -0.249. The number of allylic oxidation sites excluding steroid dienone is 1. The number of para-hydroxylation sites is 1. The van der Waals surface area contributed by atoms with Crippen LogP contribution in [-0.4, -0.2) is 17.1 Å². The zero-order chi connectivity index (χ0) is 16.8. The van der Waals surface area contributed by atoms with Crippen molar-refractivity contribution in [2.45, 2.75) is 6.92 Å². The number of fused-ring (bicyclic) bond motifs is 1. The van der Waals surface area contributed by atoms with E-state index in [-0.39, 0.29) is 5.91 Å². The van der Waals surface area contributed by atoms with Crippen molar-refractivity contribution in [1.29, 1.82) is 0 Å². The minimum Gasteiger partial charge on any atom is -0.267 e. The Hall–Kier alpha value is -3.27. The lowest BCUT2D eigenvalue weighted by Gasteiger charge is -2.06. The SMILES string of the molecule is Cc1cc(C(=O)N/N=C/C=C/c2ccccc2)c2ccccc2n1. The number of nitrogens with one attached hydrogen (secondary N) is 1. The summed E-state index contributed by atoms with van der Waals surface area (Å²) in [7, 11) is 0. The first-order valence-corrected chi connectivity index (χ1v) is 7.65. The van der Waals surface area contributed by atoms with Gasteiger partial charge >= 0.3 is 0 Å². The second-order valence-corrected chi connectivity index (χ2v) is 5.32. The molecule has 1 heterocycles. The first kappa shape index (κ1) is 15.6. The molecular formula is C20H17N3O. The molecule has 118 valence electrons. The number of carbonyl (C=O) groups excluding carboxylic acids is 1. The Morgan fingerprint density at radius 1 is 1.08 bits per heavy atom. The Labute approximate surface area is 140 Å². The number of carbonyl (C=O) groups is 1. The number of amides is 1. The van der Waals surface area contributed by atoms with Crippen LogP contribution in [0.15, 0.2) is 71.8 Å². The lowest BCUT2D eigenvalue weighted by molar-refractivity contribution is 0.0956. The molecule has 0 saturated carbocycles. The summed E-state index contributed by atoms with van der Waals surface area (Å²) in [6.07, 6.45) is 5.26. The van der Waals surface area contributed by atoms with Gasteiger partial charge in [-0.3, -0.25) is 9.78 Å². The van der Waals surface area contributed by atoms with Crippen molar-refractivity contribution < 1.29 is 4.79 Å². The fraction of sp³-hybridized carbons (Fsp3) is 0.0500. The molecule has 0 atom stereocenters. The van der Waals surface area contributed by atoms with E-state index in [9.17, 15) is 4.79 Å². The molecule has 4 nitrogen and oxygen atoms in total. The molecule has 3 aromatic rings. The van der Waals surface area contributed by atoms with Crippen LogP contribution in [-0.2, 0) is 0 Å². The lowest BCUT2D eigenvalue weighted by atomic mass is 10.1. The van der Waals surface area contributed by atoms with Crippen molar-refractivity contribution in [3.63, 3.8) is 0 Å². The smallest absolute Gasteiger partial charge is 0.267 e. The van der Waals surface area contributed by atoms with Crippen molar-refractivity contribution in [2.24, 2.45) is 5.10 Å². The Morgan fingerprint density at radius 2 is 1.83 bits per heavy atom. The minimum absolute atomic E-state index is 0.249. The van der Waals surface area contributed by atoms with Crippen LogP contribution in [0.3, 0.4) is 0 Å². The van der Waals surface area contributed by atoms with Crippen molar-refractivity contribution in [1.82, 2.24) is 10.4 Å². The number of benzene rings is 2. The molecule has 0 aliphatic rings. The maximum atomic E-state index is 12.4. The van der Waals surface area contributed by atoms with Crippen molar-refractivity contribution in [2.75, 3.05) is 0 Å². The number of pyridine rings is 1. The van der Waals surface area contributed by atoms with Crippen LogP contribution >= 0.6 is 0 Å². The summed E-state index contributed by atoms with van der Waals surface area (Å²) in [5, 5.41) is 4.78. The van der Waals surface area contributed by atoms with E-state index in [1.807, 2.05) is 67.6 Å². The highest BCUT2D eigenvalue weighted by molar-refractivity contribution is 6.06. The second kappa shape index (κ2) is 7.33. The molecule has 0 saturated heterocycles. The van der Waals surface area contributed by atoms with Gasteiger partial charge in [0.25, 0.3) is 5.91 Å². The summed E-state index contributed by atoms with van der Waals surface area (Å²) in [6.45, 7) is 1.87. The van der Waals surface area contributed by atoms with E-state index < -0.39 is 0 Å². The van der Waals surface area contributed by atoms with Gasteiger partial charge in [-0.25, -0.2) is 5.43 Å². The summed E-state index contributed by atoms with van der Waals surface area (Å²) in [6, 6.07) is 19.2. The average Bonchev–Trinajstić information content (AvgIpc) is 2.61. The van der Waals surface area contributed by atoms with E-state index in [1.54, 1.807) is 18.4 Å². The van der Waals surface area contributed by atoms with E-state index in [2.05, 4.69) is 15.5 Å². The van der Waals surface area contributed by atoms with Gasteiger partial charge in [-0.1, -0.05) is 54.6 Å². The van der Waals surface area contributed by atoms with Gasteiger partial charge in [-0.15, -0.1) is 0 Å². The third-order valence-electron chi connectivity index (χ3n) is 3.50. The molecule has 1 N–H and O–H groups in total. The quantitative estimate of drug-likeness (QED) is 0.585. The summed E-state index contributed by atoms with van der Waals surface area (Å²) in [4.78, 5) is 16.8. The predicted octanol–water partition coefficient (Wildman–Crippen LogP) is 3.97. The molecule has 0 aliphatic heterocycles. The highest BCUT2D eigenvalue weighted by Crippen LogP contribution is 2.17. The zero-order valence-electron chi connectivity index (χ0n) is 13.3. The third kappa shape index (κ3) is 3.73. The number of aromatic nitrogens is 1. The van der Waals surface area contributed by atoms with Crippen LogP contribution in [0.4, 0.5) is 0 Å². The number of aryl methyl sites for hydroxylation is 1. The lowest BCUT2D eigenvalue weighted by Crippen LogP contribution is -2.18. The maximum Gasteiger partial charge on any atom is 0.272 e. The van der Waals surface area contributed by atoms with Gasteiger partial charge in [-0.05, 0) is 30.7 Å². The van der Waals surface area contributed by atoms with Gasteiger partial charge in [0.2, 0.25) is 0 Å². The Morgan fingerprint density at radius 3 is 2.67 bits per heavy atom. The molecule has 2 aromatic carbocycles. The number of rotatable bonds is 4. The fourth-order valence-corrected chi connectivity index (χ4v) is 2.41. The molecule has 0 radical (unpaired) electrons. The largest absolute Gasteiger partial charge is 0.272 e. The van der Waals surface area contributed by atoms with E-state index in [0.717, 1.165) is 22.2 Å². The molecule has 1 aromatic heterocycles. The molecular weight excluding hydrogens is 298 g/mol. The van der Waals surface area contributed by atoms with Crippen molar-refractivity contribution >= 4 is 29.1 Å². The number of hydrogen-bond donors (Lipinski definition) is 1. The number of nitrogens with zero attached hydrogens (tertiary/aromatic N) is 2. The van der Waals surface area contributed by atoms with Gasteiger partial charge in [0, 0.05) is 17.3 Å². The van der Waals surface area contributed by atoms with Gasteiger partial charge < -0.3 is 0 Å². The van der Waals surface area contributed by atoms with Crippen LogP contribution < -0.4 is 5.43 Å². The monoisotopic (exact) mass is 315 g/mol. The van der Waals surface area contributed by atoms with Gasteiger partial charge in [0.15, 0.2) is 0 Å². The first-order valence-electron chi connectivity index (χ1n) is 7.65. The molecule has 24 heavy (non-hydrogen) atoms. The first-order chi connectivity index (χ1) is 11.7. The van der Waals surface area contributed by atoms with E-state index >= 15 is 0 Å². The van der Waals surface area contributed by atoms with Crippen LogP contribution in [0.25, 0.3) is 17.0 Å². The molecule has 0 unspecified atom stereocenters. The molecule has 0 fully saturated rings. The van der Waals surface area contributed by atoms with E-state index in [0.29, 0.717) is 5.56 Å². The Kier molecular flexibility index (Phi) is 4.77. The Bertz CT molecular complexity index is 915. The summed E-state index contributed by atoms with van der Waals surface area (Å²) in [5.41, 5.74) is 5.80. The molecule has 0 spiro atoms. The average molecular weight is 315 g/mol. The molecule has 4 heteroatoms. The van der Waals surface area contributed by atoms with E-state index in [1.165, 1.54) is 0 Å². The fourth-order valence-electron chi connectivity index (χ4n) is 2.41. The van der Waals surface area contributed by atoms with Crippen LogP contribution in [0, 0.1) is 6.92 Å². The Balaban J connectivity index is 1.72. The highest BCUT2D eigenvalue weighted by atomic mass is 16.2. The van der Waals surface area contributed by atoms with Crippen molar-refractivity contribution in [3.05, 3.63) is 83.6 Å².